The molecule has 2 unspecified atom stereocenters. The molecule has 1 fully saturated rings. The highest BCUT2D eigenvalue weighted by Gasteiger charge is 2.34. The third kappa shape index (κ3) is 6.72. The first-order valence-electron chi connectivity index (χ1n) is 15.2. The molecule has 45 heavy (non-hydrogen) atoms. The third-order valence-electron chi connectivity index (χ3n) is 8.53. The number of rotatable bonds is 3. The van der Waals surface area contributed by atoms with Crippen molar-refractivity contribution in [3.63, 3.8) is 0 Å². The Kier molecular flexibility index (Phi) is 8.13. The van der Waals surface area contributed by atoms with Gasteiger partial charge in [-0.15, -0.1) is 0 Å². The summed E-state index contributed by atoms with van der Waals surface area (Å²) >= 11 is 0. The summed E-state index contributed by atoms with van der Waals surface area (Å²) in [5, 5.41) is 3.12. The molecule has 0 saturated carbocycles. The van der Waals surface area contributed by atoms with E-state index in [1.807, 2.05) is 32.0 Å². The van der Waals surface area contributed by atoms with Crippen molar-refractivity contribution in [2.75, 3.05) is 17.8 Å². The second-order valence-corrected chi connectivity index (χ2v) is 14.7. The fourth-order valence-corrected chi connectivity index (χ4v) is 7.03. The van der Waals surface area contributed by atoms with Crippen LogP contribution in [0.3, 0.4) is 0 Å². The Labute approximate surface area is 265 Å². The average molecular weight is 626 g/mol. The molecule has 1 amide bonds. The predicted molar refractivity (Wildman–Crippen MR) is 175 cm³/mol. The number of carbonyl (C=O) groups excluding carboxylic acids is 1. The van der Waals surface area contributed by atoms with E-state index in [4.69, 9.17) is 4.74 Å². The van der Waals surface area contributed by atoms with Crippen LogP contribution in [-0.4, -0.2) is 54.4 Å². The number of aromatic nitrogens is 2. The zero-order valence-electron chi connectivity index (χ0n) is 26.3. The van der Waals surface area contributed by atoms with Crippen molar-refractivity contribution in [3.05, 3.63) is 101 Å². The quantitative estimate of drug-likeness (QED) is 0.304. The predicted octanol–water partition coefficient (Wildman–Crippen LogP) is 5.62. The highest BCUT2D eigenvalue weighted by atomic mass is 32.2. The molecule has 0 aliphatic carbocycles. The first kappa shape index (κ1) is 30.7. The minimum absolute atomic E-state index is 0.0539. The van der Waals surface area contributed by atoms with E-state index < -0.39 is 16.1 Å². The molecular weight excluding hydrogens is 586 g/mol. The zero-order valence-corrected chi connectivity index (χ0v) is 27.1. The maximum Gasteiger partial charge on any atom is 0.264 e. The van der Waals surface area contributed by atoms with Crippen molar-refractivity contribution >= 4 is 21.9 Å². The Balaban J connectivity index is 1.38. The Morgan fingerprint density at radius 3 is 2.38 bits per heavy atom. The monoisotopic (exact) mass is 625 g/mol. The molecule has 4 aromatic rings. The summed E-state index contributed by atoms with van der Waals surface area (Å²) < 4.78 is 36.0. The summed E-state index contributed by atoms with van der Waals surface area (Å²) in [6, 6.07) is 22.1. The van der Waals surface area contributed by atoms with Gasteiger partial charge in [0.05, 0.1) is 16.6 Å². The minimum atomic E-state index is -4.10. The van der Waals surface area contributed by atoms with Crippen molar-refractivity contribution < 1.29 is 17.9 Å². The number of sulfonamides is 1. The summed E-state index contributed by atoms with van der Waals surface area (Å²) in [7, 11) is -4.10. The van der Waals surface area contributed by atoms with Gasteiger partial charge in [-0.25, -0.2) is 18.1 Å². The van der Waals surface area contributed by atoms with Gasteiger partial charge in [0, 0.05) is 36.8 Å². The smallest absolute Gasteiger partial charge is 0.264 e. The first-order valence-corrected chi connectivity index (χ1v) is 16.7. The normalized spacial score (nSPS) is 19.9. The van der Waals surface area contributed by atoms with E-state index in [9.17, 15) is 13.2 Å². The molecule has 3 heterocycles. The number of hydrogen-bond donors (Lipinski definition) is 2. The van der Waals surface area contributed by atoms with Gasteiger partial charge in [-0.1, -0.05) is 69.3 Å². The number of aryl methyl sites for hydroxylation is 2. The van der Waals surface area contributed by atoms with Gasteiger partial charge in [-0.05, 0) is 66.1 Å². The van der Waals surface area contributed by atoms with Gasteiger partial charge >= 0.3 is 0 Å². The summed E-state index contributed by atoms with van der Waals surface area (Å²) in [4.78, 5) is 24.8. The largest absolute Gasteiger partial charge is 0.471 e. The zero-order chi connectivity index (χ0) is 31.9. The molecule has 6 rings (SSSR count). The summed E-state index contributed by atoms with van der Waals surface area (Å²) in [5.41, 5.74) is 6.22. The summed E-state index contributed by atoms with van der Waals surface area (Å²) in [6.45, 7) is 12.6. The van der Waals surface area contributed by atoms with E-state index in [1.54, 1.807) is 18.2 Å². The van der Waals surface area contributed by atoms with Crippen LogP contribution in [0.15, 0.2) is 77.7 Å². The average Bonchev–Trinajstić information content (AvgIpc) is 2.98. The van der Waals surface area contributed by atoms with Gasteiger partial charge in [-0.2, -0.15) is 4.98 Å². The molecule has 234 valence electrons. The number of amides is 1. The summed E-state index contributed by atoms with van der Waals surface area (Å²) in [5.74, 6) is -0.227. The molecule has 9 nitrogen and oxygen atoms in total. The highest BCUT2D eigenvalue weighted by Crippen LogP contribution is 2.31. The molecule has 1 aromatic heterocycles. The minimum Gasteiger partial charge on any atom is -0.471 e. The Bertz CT molecular complexity index is 1830. The molecule has 2 atom stereocenters. The van der Waals surface area contributed by atoms with Crippen molar-refractivity contribution in [2.45, 2.75) is 70.0 Å². The molecule has 4 bridgehead atoms. The number of hydrogen-bond acceptors (Lipinski definition) is 7. The number of piperidine rings is 1. The van der Waals surface area contributed by atoms with E-state index in [1.165, 1.54) is 23.3 Å². The molecular formula is C35H39N5O4S. The molecule has 0 radical (unpaired) electrons. The number of likely N-dealkylation sites (tertiary alicyclic amines) is 1. The summed E-state index contributed by atoms with van der Waals surface area (Å²) in [6.07, 6.45) is 0.194. The second-order valence-electron chi connectivity index (χ2n) is 13.0. The van der Waals surface area contributed by atoms with Crippen molar-refractivity contribution in [3.8, 4) is 17.1 Å². The van der Waals surface area contributed by atoms with Gasteiger partial charge in [0.15, 0.2) is 0 Å². The van der Waals surface area contributed by atoms with Gasteiger partial charge in [0.25, 0.3) is 15.9 Å². The highest BCUT2D eigenvalue weighted by molar-refractivity contribution is 7.92. The van der Waals surface area contributed by atoms with Crippen LogP contribution in [0, 0.1) is 13.8 Å². The molecule has 10 heteroatoms. The fourth-order valence-electron chi connectivity index (χ4n) is 6.04. The van der Waals surface area contributed by atoms with Crippen molar-refractivity contribution in [2.24, 2.45) is 0 Å². The second kappa shape index (κ2) is 11.9. The van der Waals surface area contributed by atoms with Gasteiger partial charge < -0.3 is 10.1 Å². The van der Waals surface area contributed by atoms with Crippen LogP contribution in [0.1, 0.15) is 59.8 Å². The Hall–Kier alpha value is -4.28. The molecule has 0 spiro atoms. The van der Waals surface area contributed by atoms with Crippen LogP contribution in [0.25, 0.3) is 11.3 Å². The molecule has 3 aromatic carbocycles. The maximum atomic E-state index is 13.4. The maximum absolute atomic E-state index is 13.4. The van der Waals surface area contributed by atoms with Crippen LogP contribution < -0.4 is 14.8 Å². The lowest BCUT2D eigenvalue weighted by atomic mass is 9.86. The number of carbonyl (C=O) groups is 1. The van der Waals surface area contributed by atoms with E-state index in [2.05, 4.69) is 69.9 Å². The van der Waals surface area contributed by atoms with Crippen LogP contribution in [0.5, 0.6) is 5.88 Å². The lowest BCUT2D eigenvalue weighted by Gasteiger charge is -2.38. The number of benzene rings is 3. The fraction of sp³-hybridized carbons (Fsp3) is 0.343. The lowest BCUT2D eigenvalue weighted by molar-refractivity contribution is 0.0469. The molecule has 2 aliphatic heterocycles. The Morgan fingerprint density at radius 2 is 1.67 bits per heavy atom. The third-order valence-corrected chi connectivity index (χ3v) is 9.86. The molecule has 2 N–H and O–H groups in total. The van der Waals surface area contributed by atoms with E-state index in [0.29, 0.717) is 18.7 Å². The number of fused-ring (bicyclic) bond motifs is 5. The number of anilines is 1. The first-order chi connectivity index (χ1) is 21.4. The number of nitrogens with zero attached hydrogens (tertiary/aromatic N) is 3. The van der Waals surface area contributed by atoms with Crippen LogP contribution >= 0.6 is 0 Å². The lowest BCUT2D eigenvalue weighted by Crippen LogP contribution is -2.56. The number of nitrogens with one attached hydrogen (secondary N) is 2. The van der Waals surface area contributed by atoms with Gasteiger partial charge in [0.1, 0.15) is 6.10 Å². The van der Waals surface area contributed by atoms with E-state index >= 15 is 0 Å². The standard InChI is InChI=1S/C35H39N5O4S/c1-22-8-6-9-23(2)32(22)29-19-31-38-34(37-29)39-45(42,43)27-11-7-10-25(18-27)33(41)36-28-16-17-40(21-30(28)44-31)20-24-12-14-26(15-13-24)35(3,4)5/h6-15,18-19,28,30H,16-17,20-21H2,1-5H3,(H,36,41)(H,37,38,39). The number of ether oxygens (including phenoxy) is 1. The van der Waals surface area contributed by atoms with Crippen LogP contribution in [0.2, 0.25) is 0 Å². The van der Waals surface area contributed by atoms with Crippen LogP contribution in [-0.2, 0) is 22.0 Å². The van der Waals surface area contributed by atoms with E-state index in [0.717, 1.165) is 29.8 Å². The van der Waals surface area contributed by atoms with Gasteiger partial charge in [0.2, 0.25) is 11.8 Å². The van der Waals surface area contributed by atoms with E-state index in [-0.39, 0.29) is 39.7 Å². The van der Waals surface area contributed by atoms with Crippen molar-refractivity contribution in [1.82, 2.24) is 20.2 Å². The SMILES string of the molecule is Cc1cccc(C)c1-c1cc2nc(n1)NS(=O)(=O)c1cccc(c1)C(=O)NC1CCN(Cc3ccc(C(C)(C)C)cc3)CC1O2. The van der Waals surface area contributed by atoms with Crippen molar-refractivity contribution in [1.29, 1.82) is 0 Å². The van der Waals surface area contributed by atoms with Gasteiger partial charge in [-0.3, -0.25) is 9.69 Å². The topological polar surface area (TPSA) is 114 Å². The Morgan fingerprint density at radius 1 is 0.956 bits per heavy atom. The molecule has 2 aliphatic rings. The molecule has 1 saturated heterocycles. The van der Waals surface area contributed by atoms with Crippen LogP contribution in [0.4, 0.5) is 5.95 Å².